The highest BCUT2D eigenvalue weighted by Gasteiger charge is 2.58. The van der Waals surface area contributed by atoms with E-state index < -0.39 is 35.9 Å². The summed E-state index contributed by atoms with van der Waals surface area (Å²) in [6, 6.07) is 4.59. The van der Waals surface area contributed by atoms with Crippen LogP contribution >= 0.6 is 0 Å². The van der Waals surface area contributed by atoms with Crippen LogP contribution < -0.4 is 4.74 Å². The lowest BCUT2D eigenvalue weighted by Crippen LogP contribution is -2.50. The summed E-state index contributed by atoms with van der Waals surface area (Å²) in [7, 11) is 1.42. The van der Waals surface area contributed by atoms with E-state index in [0.29, 0.717) is 11.3 Å². The molecule has 2 aliphatic rings. The van der Waals surface area contributed by atoms with E-state index in [-0.39, 0.29) is 18.6 Å². The predicted octanol–water partition coefficient (Wildman–Crippen LogP) is 0.137. The SMILES string of the molecule is COc1ccc(/C=C/C(=O)OC2C(O)CC3(O)CC2OC3=O)cc1O. The van der Waals surface area contributed by atoms with Gasteiger partial charge in [0.05, 0.1) is 13.2 Å². The zero-order valence-electron chi connectivity index (χ0n) is 13.4. The highest BCUT2D eigenvalue weighted by atomic mass is 16.6. The Bertz CT molecular complexity index is 727. The molecule has 2 bridgehead atoms. The number of aromatic hydroxyl groups is 1. The molecule has 0 spiro atoms. The minimum absolute atomic E-state index is 0.0170. The second-order valence-corrected chi connectivity index (χ2v) is 6.12. The molecule has 1 aromatic carbocycles. The third kappa shape index (κ3) is 3.31. The van der Waals surface area contributed by atoms with E-state index >= 15 is 0 Å². The number of carbonyl (C=O) groups is 2. The highest BCUT2D eigenvalue weighted by molar-refractivity contribution is 5.87. The Morgan fingerprint density at radius 2 is 2.16 bits per heavy atom. The number of aliphatic hydroxyl groups is 2. The summed E-state index contributed by atoms with van der Waals surface area (Å²) >= 11 is 0. The van der Waals surface area contributed by atoms with Gasteiger partial charge in [-0.05, 0) is 23.8 Å². The number of hydrogen-bond acceptors (Lipinski definition) is 8. The molecule has 0 aromatic heterocycles. The molecule has 2 fully saturated rings. The first-order chi connectivity index (χ1) is 11.8. The molecule has 1 aromatic rings. The first kappa shape index (κ1) is 17.2. The number of carbonyl (C=O) groups excluding carboxylic acids is 2. The summed E-state index contributed by atoms with van der Waals surface area (Å²) in [5.41, 5.74) is -1.16. The van der Waals surface area contributed by atoms with E-state index in [4.69, 9.17) is 14.2 Å². The normalized spacial score (nSPS) is 31.0. The fourth-order valence-electron chi connectivity index (χ4n) is 3.07. The molecular formula is C17H18O8. The van der Waals surface area contributed by atoms with Gasteiger partial charge in [-0.3, -0.25) is 0 Å². The predicted molar refractivity (Wildman–Crippen MR) is 83.6 cm³/mol. The number of esters is 2. The van der Waals surface area contributed by atoms with Gasteiger partial charge in [-0.2, -0.15) is 0 Å². The van der Waals surface area contributed by atoms with E-state index in [9.17, 15) is 24.9 Å². The van der Waals surface area contributed by atoms with Gasteiger partial charge in [0, 0.05) is 18.9 Å². The van der Waals surface area contributed by atoms with E-state index in [1.54, 1.807) is 12.1 Å². The number of phenolic OH excluding ortho intramolecular Hbond substituents is 1. The van der Waals surface area contributed by atoms with Gasteiger partial charge >= 0.3 is 11.9 Å². The van der Waals surface area contributed by atoms with Crippen LogP contribution in [0.25, 0.3) is 6.08 Å². The number of rotatable bonds is 4. The molecule has 25 heavy (non-hydrogen) atoms. The molecular weight excluding hydrogens is 332 g/mol. The van der Waals surface area contributed by atoms with Gasteiger partial charge in [0.25, 0.3) is 0 Å². The van der Waals surface area contributed by atoms with Gasteiger partial charge in [-0.15, -0.1) is 0 Å². The van der Waals surface area contributed by atoms with Crippen LogP contribution in [0.4, 0.5) is 0 Å². The summed E-state index contributed by atoms with van der Waals surface area (Å²) in [5.74, 6) is -1.31. The summed E-state index contributed by atoms with van der Waals surface area (Å²) in [4.78, 5) is 23.5. The maximum atomic E-state index is 12.0. The maximum Gasteiger partial charge on any atom is 0.338 e. The number of methoxy groups -OCH3 is 1. The maximum absolute atomic E-state index is 12.0. The fourth-order valence-corrected chi connectivity index (χ4v) is 3.07. The van der Waals surface area contributed by atoms with Crippen LogP contribution in [0.2, 0.25) is 0 Å². The average Bonchev–Trinajstić information content (AvgIpc) is 2.80. The molecule has 1 saturated carbocycles. The van der Waals surface area contributed by atoms with Crippen molar-refractivity contribution in [3.63, 3.8) is 0 Å². The number of ether oxygens (including phenoxy) is 3. The number of benzene rings is 1. The van der Waals surface area contributed by atoms with Crippen molar-refractivity contribution >= 4 is 18.0 Å². The van der Waals surface area contributed by atoms with E-state index in [1.807, 2.05) is 0 Å². The average molecular weight is 350 g/mol. The monoisotopic (exact) mass is 350 g/mol. The Kier molecular flexibility index (Phi) is 4.40. The zero-order chi connectivity index (χ0) is 18.2. The molecule has 0 amide bonds. The summed E-state index contributed by atoms with van der Waals surface area (Å²) in [5, 5.41) is 29.7. The molecule has 1 aliphatic carbocycles. The van der Waals surface area contributed by atoms with E-state index in [1.165, 1.54) is 19.3 Å². The molecule has 1 aliphatic heterocycles. The molecule has 3 rings (SSSR count). The Hall–Kier alpha value is -2.58. The smallest absolute Gasteiger partial charge is 0.338 e. The summed E-state index contributed by atoms with van der Waals surface area (Å²) in [6.07, 6.45) is -0.804. The van der Waals surface area contributed by atoms with Crippen LogP contribution in [-0.4, -0.2) is 58.3 Å². The number of hydrogen-bond donors (Lipinski definition) is 3. The van der Waals surface area contributed by atoms with Crippen molar-refractivity contribution in [2.24, 2.45) is 0 Å². The van der Waals surface area contributed by atoms with Gasteiger partial charge in [-0.1, -0.05) is 6.07 Å². The summed E-state index contributed by atoms with van der Waals surface area (Å²) in [6.45, 7) is 0. The molecule has 0 radical (unpaired) electrons. The Labute approximate surface area is 143 Å². The molecule has 8 heteroatoms. The third-order valence-corrected chi connectivity index (χ3v) is 4.34. The van der Waals surface area contributed by atoms with Crippen LogP contribution in [0.15, 0.2) is 24.3 Å². The Balaban J connectivity index is 1.64. The minimum Gasteiger partial charge on any atom is -0.504 e. The first-order valence-corrected chi connectivity index (χ1v) is 7.69. The lowest BCUT2D eigenvalue weighted by atomic mass is 9.82. The number of aliphatic hydroxyl groups excluding tert-OH is 1. The topological polar surface area (TPSA) is 123 Å². The number of fused-ring (bicyclic) bond motifs is 2. The lowest BCUT2D eigenvalue weighted by Gasteiger charge is -2.32. The molecule has 4 unspecified atom stereocenters. The van der Waals surface area contributed by atoms with E-state index in [2.05, 4.69) is 0 Å². The van der Waals surface area contributed by atoms with Crippen LogP contribution in [-0.2, 0) is 19.1 Å². The molecule has 1 saturated heterocycles. The van der Waals surface area contributed by atoms with Gasteiger partial charge in [0.2, 0.25) is 0 Å². The van der Waals surface area contributed by atoms with Gasteiger partial charge < -0.3 is 29.5 Å². The molecule has 4 atom stereocenters. The fraction of sp³-hybridized carbons (Fsp3) is 0.412. The van der Waals surface area contributed by atoms with Gasteiger partial charge in [0.1, 0.15) is 6.10 Å². The highest BCUT2D eigenvalue weighted by Crippen LogP contribution is 2.39. The number of phenols is 1. The van der Waals surface area contributed by atoms with Crippen molar-refractivity contribution in [3.8, 4) is 11.5 Å². The van der Waals surface area contributed by atoms with Crippen molar-refractivity contribution in [1.82, 2.24) is 0 Å². The van der Waals surface area contributed by atoms with Crippen LogP contribution in [0.5, 0.6) is 11.5 Å². The minimum atomic E-state index is -1.70. The Morgan fingerprint density at radius 3 is 2.84 bits per heavy atom. The summed E-state index contributed by atoms with van der Waals surface area (Å²) < 4.78 is 15.1. The van der Waals surface area contributed by atoms with Crippen molar-refractivity contribution < 1.29 is 39.1 Å². The molecule has 1 heterocycles. The van der Waals surface area contributed by atoms with Crippen LogP contribution in [0.1, 0.15) is 18.4 Å². The lowest BCUT2D eigenvalue weighted by molar-refractivity contribution is -0.165. The first-order valence-electron chi connectivity index (χ1n) is 7.69. The molecule has 3 N–H and O–H groups in total. The third-order valence-electron chi connectivity index (χ3n) is 4.34. The quantitative estimate of drug-likeness (QED) is 0.518. The zero-order valence-corrected chi connectivity index (χ0v) is 13.4. The van der Waals surface area contributed by atoms with Crippen molar-refractivity contribution in [2.75, 3.05) is 7.11 Å². The van der Waals surface area contributed by atoms with Crippen molar-refractivity contribution in [3.05, 3.63) is 29.8 Å². The molecule has 8 nitrogen and oxygen atoms in total. The van der Waals surface area contributed by atoms with Crippen LogP contribution in [0, 0.1) is 0 Å². The van der Waals surface area contributed by atoms with Gasteiger partial charge in [0.15, 0.2) is 23.2 Å². The van der Waals surface area contributed by atoms with Crippen LogP contribution in [0.3, 0.4) is 0 Å². The standard InChI is InChI=1S/C17H18O8/c1-23-12-4-2-9(6-10(12)18)3-5-14(20)25-15-11(19)7-17(22)8-13(15)24-16(17)21/h2-6,11,13,15,18-19,22H,7-8H2,1H3/b5-3+. The van der Waals surface area contributed by atoms with Gasteiger partial charge in [-0.25, -0.2) is 9.59 Å². The van der Waals surface area contributed by atoms with Crippen molar-refractivity contribution in [1.29, 1.82) is 0 Å². The second kappa shape index (κ2) is 6.38. The van der Waals surface area contributed by atoms with Crippen molar-refractivity contribution in [2.45, 2.75) is 36.8 Å². The Morgan fingerprint density at radius 1 is 1.40 bits per heavy atom. The van der Waals surface area contributed by atoms with E-state index in [0.717, 1.165) is 6.08 Å². The second-order valence-electron chi connectivity index (χ2n) is 6.12. The largest absolute Gasteiger partial charge is 0.504 e. The molecule has 134 valence electrons.